The maximum Gasteiger partial charge on any atom is 0.240 e. The molecule has 0 aromatic heterocycles. The Bertz CT molecular complexity index is 64.0. The van der Waals surface area contributed by atoms with E-state index in [4.69, 9.17) is 0 Å². The first kappa shape index (κ1) is 15.8. The Labute approximate surface area is 54.6 Å². The molecule has 0 aliphatic heterocycles. The van der Waals surface area contributed by atoms with Gasteiger partial charge in [-0.1, -0.05) is 6.58 Å². The first-order valence-electron chi connectivity index (χ1n) is 1.19. The third-order valence-corrected chi connectivity index (χ3v) is 0.201. The normalized spacial score (nSPS) is 4.57. The molecule has 44 valence electrons. The highest BCUT2D eigenvalue weighted by atomic mass is 35.5. The first-order valence-corrected chi connectivity index (χ1v) is 1.19. The molecule has 2 nitrogen and oxygen atoms in total. The fraction of sp³-hybridized carbons (Fsp3) is 0. The number of halogens is 2. The summed E-state index contributed by atoms with van der Waals surface area (Å²) in [4.78, 5) is 9.47. The van der Waals surface area contributed by atoms with Gasteiger partial charge in [0.25, 0.3) is 0 Å². The van der Waals surface area contributed by atoms with E-state index in [0.717, 1.165) is 6.08 Å². The smallest absolute Gasteiger partial charge is 0.240 e. The van der Waals surface area contributed by atoms with Gasteiger partial charge in [-0.2, -0.15) is 0 Å². The zero-order chi connectivity index (χ0) is 4.28. The van der Waals surface area contributed by atoms with E-state index in [1.807, 2.05) is 0 Å². The quantitative estimate of drug-likeness (QED) is 0.535. The zero-order valence-corrected chi connectivity index (χ0v) is 5.22. The van der Waals surface area contributed by atoms with Crippen LogP contribution in [-0.2, 0) is 4.79 Å². The Morgan fingerprint density at radius 2 is 1.71 bits per heavy atom. The highest BCUT2D eigenvalue weighted by molar-refractivity contribution is 5.85. The zero-order valence-electron chi connectivity index (χ0n) is 3.59. The van der Waals surface area contributed by atoms with E-state index in [1.165, 1.54) is 0 Å². The lowest BCUT2D eigenvalue weighted by molar-refractivity contribution is -0.113. The van der Waals surface area contributed by atoms with Gasteiger partial charge in [0.2, 0.25) is 5.91 Å². The number of hydrogen-bond acceptors (Lipinski definition) is 1. The topological polar surface area (TPSA) is 43.1 Å². The van der Waals surface area contributed by atoms with Crippen molar-refractivity contribution in [1.29, 1.82) is 0 Å². The molecule has 0 rings (SSSR count). The van der Waals surface area contributed by atoms with Crippen LogP contribution in [0.5, 0.6) is 0 Å². The molecular formula is C3H7Cl2NO. The van der Waals surface area contributed by atoms with Gasteiger partial charge in [0.15, 0.2) is 0 Å². The molecule has 0 unspecified atom stereocenters. The Kier molecular flexibility index (Phi) is 20.9. The summed E-state index contributed by atoms with van der Waals surface area (Å²) in [6.07, 6.45) is 1.06. The summed E-state index contributed by atoms with van der Waals surface area (Å²) < 4.78 is 0. The van der Waals surface area contributed by atoms with Crippen LogP contribution in [0.2, 0.25) is 0 Å². The summed E-state index contributed by atoms with van der Waals surface area (Å²) in [6.45, 7) is 3.09. The minimum atomic E-state index is -0.481. The number of carbonyl (C=O) groups is 1. The first-order chi connectivity index (χ1) is 2.27. The molecule has 0 bridgehead atoms. The molecule has 0 heterocycles. The van der Waals surface area contributed by atoms with Gasteiger partial charge in [-0.25, -0.2) is 0 Å². The minimum Gasteiger partial charge on any atom is -0.366 e. The van der Waals surface area contributed by atoms with Gasteiger partial charge < -0.3 is 5.73 Å². The van der Waals surface area contributed by atoms with Crippen molar-refractivity contribution in [2.45, 2.75) is 0 Å². The highest BCUT2D eigenvalue weighted by Gasteiger charge is 1.69. The summed E-state index contributed by atoms with van der Waals surface area (Å²) in [5.74, 6) is -0.481. The number of rotatable bonds is 1. The Morgan fingerprint density at radius 1 is 1.57 bits per heavy atom. The molecular weight excluding hydrogens is 137 g/mol. The second-order valence-corrected chi connectivity index (χ2v) is 0.606. The number of nitrogens with two attached hydrogens (primary N) is 1. The van der Waals surface area contributed by atoms with Gasteiger partial charge in [-0.15, -0.1) is 24.8 Å². The lowest BCUT2D eigenvalue weighted by atomic mass is 10.6. The lowest BCUT2D eigenvalue weighted by Crippen LogP contribution is -2.04. The van der Waals surface area contributed by atoms with Crippen molar-refractivity contribution >= 4 is 30.7 Å². The second kappa shape index (κ2) is 9.25. The van der Waals surface area contributed by atoms with Crippen LogP contribution in [0.3, 0.4) is 0 Å². The third kappa shape index (κ3) is 26.0. The van der Waals surface area contributed by atoms with E-state index < -0.39 is 5.91 Å². The fourth-order valence-corrected chi connectivity index (χ4v) is 0. The largest absolute Gasteiger partial charge is 0.366 e. The monoisotopic (exact) mass is 143 g/mol. The van der Waals surface area contributed by atoms with Crippen molar-refractivity contribution in [1.82, 2.24) is 0 Å². The van der Waals surface area contributed by atoms with Gasteiger partial charge in [0, 0.05) is 0 Å². The van der Waals surface area contributed by atoms with Gasteiger partial charge in [0.1, 0.15) is 0 Å². The molecule has 0 aliphatic carbocycles. The predicted octanol–water partition coefficient (Wildman–Crippen LogP) is 0.501. The molecule has 0 atom stereocenters. The van der Waals surface area contributed by atoms with Crippen LogP contribution in [-0.4, -0.2) is 5.91 Å². The molecule has 1 amide bonds. The molecule has 0 aliphatic rings. The summed E-state index contributed by atoms with van der Waals surface area (Å²) in [5.41, 5.74) is 4.53. The molecule has 0 saturated carbocycles. The standard InChI is InChI=1S/C3H5NO.2ClH/c1-2-3(4)5;;/h2H,1H2,(H2,4,5);2*1H. The van der Waals surface area contributed by atoms with E-state index >= 15 is 0 Å². The molecule has 4 heteroatoms. The average Bonchev–Trinajstić information content (AvgIpc) is 1.38. The Morgan fingerprint density at radius 3 is 1.71 bits per heavy atom. The maximum atomic E-state index is 9.47. The summed E-state index contributed by atoms with van der Waals surface area (Å²) in [5, 5.41) is 0. The average molecular weight is 144 g/mol. The molecule has 0 spiro atoms. The van der Waals surface area contributed by atoms with Crippen LogP contribution >= 0.6 is 24.8 Å². The van der Waals surface area contributed by atoms with Crippen LogP contribution in [0.15, 0.2) is 12.7 Å². The van der Waals surface area contributed by atoms with Crippen LogP contribution in [0.1, 0.15) is 0 Å². The molecule has 2 N–H and O–H groups in total. The summed E-state index contributed by atoms with van der Waals surface area (Å²) >= 11 is 0. The van der Waals surface area contributed by atoms with Gasteiger partial charge in [-0.3, -0.25) is 4.79 Å². The van der Waals surface area contributed by atoms with Crippen molar-refractivity contribution in [2.75, 3.05) is 0 Å². The van der Waals surface area contributed by atoms with Crippen molar-refractivity contribution in [3.63, 3.8) is 0 Å². The number of carbonyl (C=O) groups excluding carboxylic acids is 1. The van der Waals surface area contributed by atoms with E-state index in [9.17, 15) is 4.79 Å². The molecule has 0 fully saturated rings. The molecule has 0 saturated heterocycles. The number of primary amides is 1. The van der Waals surface area contributed by atoms with Crippen LogP contribution in [0.25, 0.3) is 0 Å². The number of hydrogen-bond donors (Lipinski definition) is 1. The maximum absolute atomic E-state index is 9.47. The lowest BCUT2D eigenvalue weighted by Gasteiger charge is -1.65. The number of amides is 1. The van der Waals surface area contributed by atoms with E-state index in [1.54, 1.807) is 0 Å². The molecule has 0 radical (unpaired) electrons. The molecule has 0 aromatic carbocycles. The van der Waals surface area contributed by atoms with Crippen molar-refractivity contribution in [3.8, 4) is 0 Å². The van der Waals surface area contributed by atoms with Gasteiger partial charge in [-0.05, 0) is 6.08 Å². The van der Waals surface area contributed by atoms with E-state index in [2.05, 4.69) is 12.3 Å². The minimum absolute atomic E-state index is 0. The third-order valence-electron chi connectivity index (χ3n) is 0.201. The second-order valence-electron chi connectivity index (χ2n) is 0.606. The molecule has 7 heavy (non-hydrogen) atoms. The highest BCUT2D eigenvalue weighted by Crippen LogP contribution is 1.48. The summed E-state index contributed by atoms with van der Waals surface area (Å²) in [6, 6.07) is 0. The van der Waals surface area contributed by atoms with E-state index in [-0.39, 0.29) is 24.8 Å². The van der Waals surface area contributed by atoms with Gasteiger partial charge in [0.05, 0.1) is 0 Å². The molecule has 0 aromatic rings. The van der Waals surface area contributed by atoms with Crippen LogP contribution < -0.4 is 5.73 Å². The van der Waals surface area contributed by atoms with Crippen molar-refractivity contribution in [2.24, 2.45) is 5.73 Å². The van der Waals surface area contributed by atoms with Crippen LogP contribution in [0.4, 0.5) is 0 Å². The van der Waals surface area contributed by atoms with Crippen molar-refractivity contribution in [3.05, 3.63) is 12.7 Å². The van der Waals surface area contributed by atoms with Gasteiger partial charge >= 0.3 is 0 Å². The van der Waals surface area contributed by atoms with Crippen LogP contribution in [0, 0.1) is 0 Å². The fourth-order valence-electron chi connectivity index (χ4n) is 0. The summed E-state index contributed by atoms with van der Waals surface area (Å²) in [7, 11) is 0. The van der Waals surface area contributed by atoms with Crippen molar-refractivity contribution < 1.29 is 4.79 Å². The predicted molar refractivity (Wildman–Crippen MR) is 33.9 cm³/mol. The Balaban J connectivity index is -0.0000000800. The van der Waals surface area contributed by atoms with E-state index in [0.29, 0.717) is 0 Å². The SMILES string of the molecule is C=CC(N)=O.Cl.Cl. The Hall–Kier alpha value is -0.210.